The Bertz CT molecular complexity index is 1430. The second-order valence-corrected chi connectivity index (χ2v) is 8.72. The van der Waals surface area contributed by atoms with Gasteiger partial charge in [0.2, 0.25) is 0 Å². The topological polar surface area (TPSA) is 67.2 Å². The number of halogens is 3. The van der Waals surface area contributed by atoms with Crippen LogP contribution in [0.5, 0.6) is 0 Å². The van der Waals surface area contributed by atoms with Crippen LogP contribution >= 0.6 is 0 Å². The number of rotatable bonds is 5. The van der Waals surface area contributed by atoms with Gasteiger partial charge in [0.15, 0.2) is 23.3 Å². The largest absolute Gasteiger partial charge is 0.366 e. The van der Waals surface area contributed by atoms with Crippen LogP contribution in [-0.4, -0.2) is 57.9 Å². The molecule has 0 atom stereocenters. The third-order valence-corrected chi connectivity index (χ3v) is 6.17. The number of nitrogens with zero attached hydrogens (tertiary/aromatic N) is 6. The SMILES string of the molecule is CN1CCN(c2cnc(-c3cccc(Cn4nc(-c5cc(F)c(F)c(F)c5)ccc4=O)c3)nc2)CC1. The molecule has 7 nitrogen and oxygen atoms in total. The van der Waals surface area contributed by atoms with E-state index in [0.29, 0.717) is 5.82 Å². The van der Waals surface area contributed by atoms with Crippen molar-refractivity contribution in [3.8, 4) is 22.6 Å². The third kappa shape index (κ3) is 4.99. The fourth-order valence-corrected chi connectivity index (χ4v) is 4.10. The zero-order valence-corrected chi connectivity index (χ0v) is 19.5. The van der Waals surface area contributed by atoms with Gasteiger partial charge in [0, 0.05) is 43.4 Å². The van der Waals surface area contributed by atoms with Gasteiger partial charge in [0.25, 0.3) is 5.56 Å². The van der Waals surface area contributed by atoms with Crippen molar-refractivity contribution in [2.45, 2.75) is 6.54 Å². The van der Waals surface area contributed by atoms with Crippen molar-refractivity contribution in [3.05, 3.63) is 94.3 Å². The number of likely N-dealkylation sites (N-methyl/N-ethyl adjacent to an activating group) is 1. The van der Waals surface area contributed by atoms with Gasteiger partial charge in [0.05, 0.1) is 30.3 Å². The van der Waals surface area contributed by atoms with E-state index in [1.807, 2.05) is 36.7 Å². The molecule has 1 aliphatic rings. The van der Waals surface area contributed by atoms with Crippen molar-refractivity contribution in [3.63, 3.8) is 0 Å². The molecule has 10 heteroatoms. The van der Waals surface area contributed by atoms with E-state index in [4.69, 9.17) is 0 Å². The first-order chi connectivity index (χ1) is 17.4. The molecule has 36 heavy (non-hydrogen) atoms. The highest BCUT2D eigenvalue weighted by atomic mass is 19.2. The molecule has 0 amide bonds. The maximum Gasteiger partial charge on any atom is 0.267 e. The van der Waals surface area contributed by atoms with Gasteiger partial charge < -0.3 is 9.80 Å². The molecule has 0 N–H and O–H groups in total. The zero-order chi connectivity index (χ0) is 25.2. The van der Waals surface area contributed by atoms with Gasteiger partial charge in [-0.2, -0.15) is 5.10 Å². The highest BCUT2D eigenvalue weighted by Gasteiger charge is 2.16. The molecular formula is C26H23F3N6O. The third-order valence-electron chi connectivity index (χ3n) is 6.17. The summed E-state index contributed by atoms with van der Waals surface area (Å²) in [6.07, 6.45) is 3.63. The fourth-order valence-electron chi connectivity index (χ4n) is 4.10. The molecule has 1 aliphatic heterocycles. The number of anilines is 1. The van der Waals surface area contributed by atoms with Crippen LogP contribution in [0.1, 0.15) is 5.56 Å². The number of aromatic nitrogens is 4. The van der Waals surface area contributed by atoms with E-state index < -0.39 is 17.5 Å². The van der Waals surface area contributed by atoms with Gasteiger partial charge in [0.1, 0.15) is 0 Å². The predicted octanol–water partition coefficient (Wildman–Crippen LogP) is 3.58. The van der Waals surface area contributed by atoms with E-state index >= 15 is 0 Å². The second kappa shape index (κ2) is 9.90. The Hall–Kier alpha value is -4.05. The van der Waals surface area contributed by atoms with E-state index in [1.54, 1.807) is 0 Å². The van der Waals surface area contributed by atoms with Crippen LogP contribution in [-0.2, 0) is 6.54 Å². The van der Waals surface area contributed by atoms with Crippen LogP contribution in [0.3, 0.4) is 0 Å². The molecule has 4 aromatic rings. The van der Waals surface area contributed by atoms with Crippen molar-refractivity contribution in [2.24, 2.45) is 0 Å². The summed E-state index contributed by atoms with van der Waals surface area (Å²) in [5.41, 5.74) is 2.31. The van der Waals surface area contributed by atoms with Crippen molar-refractivity contribution >= 4 is 5.69 Å². The molecule has 5 rings (SSSR count). The summed E-state index contributed by atoms with van der Waals surface area (Å²) in [4.78, 5) is 26.0. The molecule has 2 aromatic heterocycles. The molecule has 3 heterocycles. The van der Waals surface area contributed by atoms with Crippen LogP contribution in [0.2, 0.25) is 0 Å². The second-order valence-electron chi connectivity index (χ2n) is 8.72. The van der Waals surface area contributed by atoms with Crippen LogP contribution in [0.25, 0.3) is 22.6 Å². The Morgan fingerprint density at radius 1 is 0.861 bits per heavy atom. The Balaban J connectivity index is 1.37. The van der Waals surface area contributed by atoms with Gasteiger partial charge in [-0.3, -0.25) is 4.79 Å². The number of hydrogen-bond acceptors (Lipinski definition) is 6. The predicted molar refractivity (Wildman–Crippen MR) is 130 cm³/mol. The minimum Gasteiger partial charge on any atom is -0.366 e. The summed E-state index contributed by atoms with van der Waals surface area (Å²) >= 11 is 0. The van der Waals surface area contributed by atoms with Crippen molar-refractivity contribution in [2.75, 3.05) is 38.1 Å². The average molecular weight is 493 g/mol. The maximum absolute atomic E-state index is 13.7. The lowest BCUT2D eigenvalue weighted by Gasteiger charge is -2.33. The zero-order valence-electron chi connectivity index (χ0n) is 19.5. The highest BCUT2D eigenvalue weighted by Crippen LogP contribution is 2.22. The molecule has 0 unspecified atom stereocenters. The number of piperazine rings is 1. The highest BCUT2D eigenvalue weighted by molar-refractivity contribution is 5.59. The molecule has 2 aromatic carbocycles. The summed E-state index contributed by atoms with van der Waals surface area (Å²) in [5.74, 6) is -3.64. The molecule has 1 fully saturated rings. The summed E-state index contributed by atoms with van der Waals surface area (Å²) in [5, 5.41) is 4.23. The first-order valence-electron chi connectivity index (χ1n) is 11.5. The average Bonchev–Trinajstić information content (AvgIpc) is 2.89. The molecule has 0 saturated carbocycles. The first kappa shape index (κ1) is 23.7. The van der Waals surface area contributed by atoms with Crippen LogP contribution in [0, 0.1) is 17.5 Å². The van der Waals surface area contributed by atoms with E-state index in [9.17, 15) is 18.0 Å². The Morgan fingerprint density at radius 2 is 1.56 bits per heavy atom. The Morgan fingerprint density at radius 3 is 2.25 bits per heavy atom. The molecule has 0 aliphatic carbocycles. The number of hydrogen-bond donors (Lipinski definition) is 0. The first-order valence-corrected chi connectivity index (χ1v) is 11.5. The summed E-state index contributed by atoms with van der Waals surface area (Å²) in [6.45, 7) is 3.94. The van der Waals surface area contributed by atoms with Gasteiger partial charge in [-0.15, -0.1) is 0 Å². The van der Waals surface area contributed by atoms with Crippen molar-refractivity contribution < 1.29 is 13.2 Å². The normalized spacial score (nSPS) is 14.3. The lowest BCUT2D eigenvalue weighted by Crippen LogP contribution is -2.44. The van der Waals surface area contributed by atoms with Gasteiger partial charge in [-0.1, -0.05) is 18.2 Å². The van der Waals surface area contributed by atoms with Gasteiger partial charge in [-0.25, -0.2) is 27.8 Å². The van der Waals surface area contributed by atoms with Crippen molar-refractivity contribution in [1.29, 1.82) is 0 Å². The molecular weight excluding hydrogens is 469 g/mol. The van der Waals surface area contributed by atoms with Crippen molar-refractivity contribution in [1.82, 2.24) is 24.6 Å². The van der Waals surface area contributed by atoms with Crippen LogP contribution < -0.4 is 10.5 Å². The molecule has 0 spiro atoms. The monoisotopic (exact) mass is 492 g/mol. The lowest BCUT2D eigenvalue weighted by atomic mass is 10.1. The van der Waals surface area contributed by atoms with E-state index in [0.717, 1.165) is 55.1 Å². The van der Waals surface area contributed by atoms with Crippen LogP contribution in [0.15, 0.2) is 65.7 Å². The minimum atomic E-state index is -1.55. The Kier molecular flexibility index (Phi) is 6.51. The van der Waals surface area contributed by atoms with Gasteiger partial charge >= 0.3 is 0 Å². The van der Waals surface area contributed by atoms with E-state index in [-0.39, 0.29) is 23.4 Å². The van der Waals surface area contributed by atoms with E-state index in [2.05, 4.69) is 31.9 Å². The maximum atomic E-state index is 13.7. The summed E-state index contributed by atoms with van der Waals surface area (Å²) in [7, 11) is 2.10. The van der Waals surface area contributed by atoms with E-state index in [1.165, 1.54) is 16.8 Å². The van der Waals surface area contributed by atoms with Crippen LogP contribution in [0.4, 0.5) is 18.9 Å². The number of benzene rings is 2. The quantitative estimate of drug-likeness (QED) is 0.397. The molecule has 0 bridgehead atoms. The molecule has 0 radical (unpaired) electrons. The standard InChI is InChI=1S/C26H23F3N6O/c1-33-7-9-34(10-8-33)20-14-30-26(31-15-20)18-4-2-3-17(11-18)16-35-24(36)6-5-23(32-35)19-12-21(27)25(29)22(28)13-19/h2-6,11-15H,7-10,16H2,1H3. The molecule has 184 valence electrons. The van der Waals surface area contributed by atoms with Gasteiger partial charge in [-0.05, 0) is 36.9 Å². The minimum absolute atomic E-state index is 0.0303. The lowest BCUT2D eigenvalue weighted by molar-refractivity contribution is 0.312. The fraction of sp³-hybridized carbons (Fsp3) is 0.231. The Labute approximate surface area is 205 Å². The summed E-state index contributed by atoms with van der Waals surface area (Å²) < 4.78 is 41.9. The smallest absolute Gasteiger partial charge is 0.267 e. The molecule has 1 saturated heterocycles. The summed E-state index contributed by atoms with van der Waals surface area (Å²) in [6, 6.07) is 11.7.